The summed E-state index contributed by atoms with van der Waals surface area (Å²) in [4.78, 5) is 8.14. The molecule has 0 bridgehead atoms. The van der Waals surface area contributed by atoms with Crippen molar-refractivity contribution in [1.29, 1.82) is 0 Å². The third kappa shape index (κ3) is 2.80. The van der Waals surface area contributed by atoms with E-state index in [1.165, 1.54) is 19.5 Å². The molecule has 0 saturated heterocycles. The molecule has 1 aliphatic rings. The van der Waals surface area contributed by atoms with Crippen LogP contribution in [0, 0.1) is 5.92 Å². The molecule has 0 spiro atoms. The van der Waals surface area contributed by atoms with Crippen LogP contribution in [0.5, 0.6) is 5.88 Å². The van der Waals surface area contributed by atoms with E-state index < -0.39 is 17.6 Å². The normalized spacial score (nSPS) is 28.2. The lowest BCUT2D eigenvalue weighted by molar-refractivity contribution is -0.184. The molecule has 1 heterocycles. The molecule has 1 saturated carbocycles. The lowest BCUT2D eigenvalue weighted by atomic mass is 9.75. The molecule has 1 aromatic heterocycles. The first-order valence-electron chi connectivity index (χ1n) is 6.08. The van der Waals surface area contributed by atoms with Crippen molar-refractivity contribution in [3.8, 4) is 5.88 Å². The Morgan fingerprint density at radius 1 is 1.26 bits per heavy atom. The SMILES string of the molecule is COc1nccnc1C1(N)CCC(C(F)(F)F)CC1. The predicted octanol–water partition coefficient (Wildman–Crippen LogP) is 2.39. The van der Waals surface area contributed by atoms with E-state index >= 15 is 0 Å². The first kappa shape index (κ1) is 14.0. The minimum Gasteiger partial charge on any atom is -0.480 e. The lowest BCUT2D eigenvalue weighted by Crippen LogP contribution is -2.44. The molecule has 4 nitrogen and oxygen atoms in total. The average Bonchev–Trinajstić information content (AvgIpc) is 2.38. The number of nitrogens with zero attached hydrogens (tertiary/aromatic N) is 2. The highest BCUT2D eigenvalue weighted by Gasteiger charge is 2.46. The maximum atomic E-state index is 12.6. The topological polar surface area (TPSA) is 61.0 Å². The van der Waals surface area contributed by atoms with Gasteiger partial charge in [-0.1, -0.05) is 0 Å². The van der Waals surface area contributed by atoms with Crippen molar-refractivity contribution in [2.75, 3.05) is 7.11 Å². The van der Waals surface area contributed by atoms with Crippen molar-refractivity contribution in [1.82, 2.24) is 9.97 Å². The third-order valence-electron chi connectivity index (χ3n) is 3.67. The number of methoxy groups -OCH3 is 1. The first-order chi connectivity index (χ1) is 8.87. The molecule has 0 aromatic carbocycles. The van der Waals surface area contributed by atoms with Crippen molar-refractivity contribution in [3.63, 3.8) is 0 Å². The Balaban J connectivity index is 2.18. The zero-order valence-corrected chi connectivity index (χ0v) is 10.6. The highest BCUT2D eigenvalue weighted by molar-refractivity contribution is 5.26. The van der Waals surface area contributed by atoms with E-state index in [0.717, 1.165) is 0 Å². The van der Waals surface area contributed by atoms with E-state index in [1.807, 2.05) is 0 Å². The molecule has 2 N–H and O–H groups in total. The fourth-order valence-electron chi connectivity index (χ4n) is 2.51. The third-order valence-corrected chi connectivity index (χ3v) is 3.67. The summed E-state index contributed by atoms with van der Waals surface area (Å²) in [5, 5.41) is 0. The van der Waals surface area contributed by atoms with E-state index in [0.29, 0.717) is 5.69 Å². The van der Waals surface area contributed by atoms with Gasteiger partial charge in [0.25, 0.3) is 0 Å². The highest BCUT2D eigenvalue weighted by Crippen LogP contribution is 2.44. The van der Waals surface area contributed by atoms with Crippen LogP contribution in [0.15, 0.2) is 12.4 Å². The Morgan fingerprint density at radius 3 is 2.37 bits per heavy atom. The molecule has 0 aliphatic heterocycles. The van der Waals surface area contributed by atoms with Crippen LogP contribution < -0.4 is 10.5 Å². The van der Waals surface area contributed by atoms with Crippen LogP contribution in [0.3, 0.4) is 0 Å². The summed E-state index contributed by atoms with van der Waals surface area (Å²) in [6, 6.07) is 0. The van der Waals surface area contributed by atoms with Crippen molar-refractivity contribution in [3.05, 3.63) is 18.1 Å². The summed E-state index contributed by atoms with van der Waals surface area (Å²) in [7, 11) is 1.44. The van der Waals surface area contributed by atoms with Gasteiger partial charge in [-0.2, -0.15) is 13.2 Å². The second-order valence-electron chi connectivity index (χ2n) is 4.89. The number of halogens is 3. The van der Waals surface area contributed by atoms with Gasteiger partial charge in [-0.05, 0) is 25.7 Å². The van der Waals surface area contributed by atoms with Gasteiger partial charge >= 0.3 is 6.18 Å². The zero-order valence-electron chi connectivity index (χ0n) is 10.6. The largest absolute Gasteiger partial charge is 0.480 e. The van der Waals surface area contributed by atoms with Crippen LogP contribution >= 0.6 is 0 Å². The number of hydrogen-bond acceptors (Lipinski definition) is 4. The summed E-state index contributed by atoms with van der Waals surface area (Å²) in [5.41, 5.74) is 5.77. The molecule has 7 heteroatoms. The maximum Gasteiger partial charge on any atom is 0.391 e. The predicted molar refractivity (Wildman–Crippen MR) is 62.5 cm³/mol. The molecule has 2 rings (SSSR count). The Kier molecular flexibility index (Phi) is 3.66. The highest BCUT2D eigenvalue weighted by atomic mass is 19.4. The number of alkyl halides is 3. The van der Waals surface area contributed by atoms with Gasteiger partial charge in [-0.3, -0.25) is 4.98 Å². The minimum atomic E-state index is -4.15. The number of ether oxygens (including phenoxy) is 1. The molecule has 0 unspecified atom stereocenters. The minimum absolute atomic E-state index is 0.0136. The zero-order chi connectivity index (χ0) is 14.1. The van der Waals surface area contributed by atoms with Crippen LogP contribution in [-0.2, 0) is 5.54 Å². The second-order valence-corrected chi connectivity index (χ2v) is 4.89. The fraction of sp³-hybridized carbons (Fsp3) is 0.667. The van der Waals surface area contributed by atoms with E-state index in [9.17, 15) is 13.2 Å². The standard InChI is InChI=1S/C12H16F3N3O/c1-19-10-9(17-6-7-18-10)11(16)4-2-8(3-5-11)12(13,14)15/h6-8H,2-5,16H2,1H3. The van der Waals surface area contributed by atoms with Crippen LogP contribution in [0.4, 0.5) is 13.2 Å². The Hall–Kier alpha value is -1.37. The molecule has 1 fully saturated rings. The van der Waals surface area contributed by atoms with Gasteiger partial charge in [0.05, 0.1) is 18.6 Å². The van der Waals surface area contributed by atoms with Crippen LogP contribution in [0.25, 0.3) is 0 Å². The van der Waals surface area contributed by atoms with E-state index in [4.69, 9.17) is 10.5 Å². The second kappa shape index (κ2) is 4.96. The number of nitrogens with two attached hydrogens (primary N) is 1. The van der Waals surface area contributed by atoms with Gasteiger partial charge < -0.3 is 10.5 Å². The summed E-state index contributed by atoms with van der Waals surface area (Å²) >= 11 is 0. The molecule has 0 radical (unpaired) electrons. The molecule has 19 heavy (non-hydrogen) atoms. The molecule has 1 aromatic rings. The Bertz CT molecular complexity index is 442. The van der Waals surface area contributed by atoms with Crippen molar-refractivity contribution >= 4 is 0 Å². The van der Waals surface area contributed by atoms with E-state index in [2.05, 4.69) is 9.97 Å². The van der Waals surface area contributed by atoms with Gasteiger partial charge in [0.1, 0.15) is 5.69 Å². The van der Waals surface area contributed by atoms with Crippen molar-refractivity contribution in [2.24, 2.45) is 11.7 Å². The average molecular weight is 275 g/mol. The smallest absolute Gasteiger partial charge is 0.391 e. The lowest BCUT2D eigenvalue weighted by Gasteiger charge is -2.37. The van der Waals surface area contributed by atoms with Gasteiger partial charge in [-0.15, -0.1) is 0 Å². The van der Waals surface area contributed by atoms with Crippen molar-refractivity contribution < 1.29 is 17.9 Å². The van der Waals surface area contributed by atoms with Gasteiger partial charge in [0.2, 0.25) is 5.88 Å². The molecular formula is C12H16F3N3O. The van der Waals surface area contributed by atoms with E-state index in [1.54, 1.807) is 0 Å². The van der Waals surface area contributed by atoms with Crippen molar-refractivity contribution in [2.45, 2.75) is 37.4 Å². The maximum absolute atomic E-state index is 12.6. The first-order valence-corrected chi connectivity index (χ1v) is 6.08. The fourth-order valence-corrected chi connectivity index (χ4v) is 2.51. The van der Waals surface area contributed by atoms with Crippen LogP contribution in [0.2, 0.25) is 0 Å². The van der Waals surface area contributed by atoms with Gasteiger partial charge in [0, 0.05) is 12.4 Å². The van der Waals surface area contributed by atoms with Gasteiger partial charge in [-0.25, -0.2) is 4.98 Å². The monoisotopic (exact) mass is 275 g/mol. The number of hydrogen-bond donors (Lipinski definition) is 1. The summed E-state index contributed by atoms with van der Waals surface area (Å²) in [6.07, 6.45) is -0.721. The summed E-state index contributed by atoms with van der Waals surface area (Å²) in [5.74, 6) is -0.984. The van der Waals surface area contributed by atoms with Gasteiger partial charge in [0.15, 0.2) is 0 Å². The quantitative estimate of drug-likeness (QED) is 0.900. The molecule has 0 amide bonds. The molecule has 1 aliphatic carbocycles. The number of rotatable bonds is 2. The van der Waals surface area contributed by atoms with Crippen LogP contribution in [-0.4, -0.2) is 23.3 Å². The Morgan fingerprint density at radius 2 is 1.84 bits per heavy atom. The molecule has 0 atom stereocenters. The molecule has 106 valence electrons. The summed E-state index contributed by atoms with van der Waals surface area (Å²) in [6.45, 7) is 0. The van der Waals surface area contributed by atoms with E-state index in [-0.39, 0.29) is 31.6 Å². The Labute approximate surface area is 109 Å². The number of aromatic nitrogens is 2. The molecular weight excluding hydrogens is 259 g/mol. The summed E-state index contributed by atoms with van der Waals surface area (Å²) < 4.78 is 43.0. The van der Waals surface area contributed by atoms with Crippen LogP contribution in [0.1, 0.15) is 31.4 Å².